The van der Waals surface area contributed by atoms with Crippen molar-refractivity contribution in [1.82, 2.24) is 15.0 Å². The van der Waals surface area contributed by atoms with Gasteiger partial charge >= 0.3 is 0 Å². The number of hydrogen-bond acceptors (Lipinski definition) is 6. The van der Waals surface area contributed by atoms with Crippen molar-refractivity contribution in [2.75, 3.05) is 36.8 Å². The van der Waals surface area contributed by atoms with E-state index < -0.39 is 0 Å². The predicted molar refractivity (Wildman–Crippen MR) is 69.3 cm³/mol. The molecular formula is C8H16Cl2N6O. The number of nitrogens with zero attached hydrogens (tertiary/aromatic N) is 3. The number of hydrogen-bond donors (Lipinski definition) is 4. The van der Waals surface area contributed by atoms with Crippen LogP contribution in [0.3, 0.4) is 0 Å². The van der Waals surface area contributed by atoms with Gasteiger partial charge in [0.15, 0.2) is 0 Å². The van der Waals surface area contributed by atoms with Gasteiger partial charge in [-0.05, 0) is 0 Å². The molecule has 1 saturated heterocycles. The second kappa shape index (κ2) is 6.53. The van der Waals surface area contributed by atoms with Crippen molar-refractivity contribution in [3.05, 3.63) is 11.7 Å². The Balaban J connectivity index is 0.00000128. The van der Waals surface area contributed by atoms with E-state index in [0.29, 0.717) is 10.5 Å². The first-order valence-corrected chi connectivity index (χ1v) is 4.77. The quantitative estimate of drug-likeness (QED) is 0.517. The van der Waals surface area contributed by atoms with E-state index in [1.807, 2.05) is 4.90 Å². The van der Waals surface area contributed by atoms with Gasteiger partial charge in [0.2, 0.25) is 0 Å². The Kier molecular flexibility index (Phi) is 6.08. The number of anilines is 2. The Bertz CT molecular complexity index is 417. The van der Waals surface area contributed by atoms with Crippen LogP contribution in [0.5, 0.6) is 0 Å². The maximum absolute atomic E-state index is 9.24. The van der Waals surface area contributed by atoms with E-state index in [1.165, 1.54) is 0 Å². The molecule has 0 aliphatic carbocycles. The molecule has 1 aliphatic heterocycles. The maximum Gasteiger partial charge on any atom is 0.259 e. The van der Waals surface area contributed by atoms with Crippen molar-refractivity contribution >= 4 is 36.4 Å². The van der Waals surface area contributed by atoms with Gasteiger partial charge in [-0.3, -0.25) is 5.41 Å². The fraction of sp³-hybridized carbons (Fsp3) is 0.500. The minimum atomic E-state index is -0.247. The van der Waals surface area contributed by atoms with E-state index in [9.17, 15) is 5.21 Å². The van der Waals surface area contributed by atoms with Crippen LogP contribution in [0, 0.1) is 5.41 Å². The highest BCUT2D eigenvalue weighted by molar-refractivity contribution is 5.85. The third-order valence-electron chi connectivity index (χ3n) is 2.38. The first-order valence-electron chi connectivity index (χ1n) is 4.77. The Morgan fingerprint density at radius 2 is 1.94 bits per heavy atom. The minimum Gasteiger partial charge on any atom is -0.423 e. The van der Waals surface area contributed by atoms with Crippen molar-refractivity contribution < 1.29 is 5.21 Å². The smallest absolute Gasteiger partial charge is 0.259 e. The van der Waals surface area contributed by atoms with Crippen molar-refractivity contribution in [2.24, 2.45) is 0 Å². The summed E-state index contributed by atoms with van der Waals surface area (Å²) in [6.45, 7) is 3.45. The molecule has 0 radical (unpaired) electrons. The number of halogens is 2. The summed E-state index contributed by atoms with van der Waals surface area (Å²) >= 11 is 0. The van der Waals surface area contributed by atoms with Crippen LogP contribution in [0.1, 0.15) is 0 Å². The van der Waals surface area contributed by atoms with Crippen LogP contribution >= 0.6 is 24.8 Å². The zero-order chi connectivity index (χ0) is 10.8. The summed E-state index contributed by atoms with van der Waals surface area (Å²) in [6.07, 6.45) is 0. The molecule has 5 N–H and O–H groups in total. The highest BCUT2D eigenvalue weighted by Gasteiger charge is 2.13. The molecule has 7 nitrogen and oxygen atoms in total. The highest BCUT2D eigenvalue weighted by atomic mass is 35.5. The average Bonchev–Trinajstić information content (AvgIpc) is 2.26. The Labute approximate surface area is 111 Å². The zero-order valence-corrected chi connectivity index (χ0v) is 10.7. The molecule has 0 aromatic carbocycles. The monoisotopic (exact) mass is 282 g/mol. The standard InChI is InChI=1S/C8H14N6O.2ClH/c9-6-5-7(12-8(10)14(6)15)13-3-1-11-2-4-13;;/h5,10-11,15H,1-4,9H2;2*1H. The lowest BCUT2D eigenvalue weighted by Crippen LogP contribution is -2.44. The number of piperazine rings is 1. The summed E-state index contributed by atoms with van der Waals surface area (Å²) in [7, 11) is 0. The van der Waals surface area contributed by atoms with E-state index in [-0.39, 0.29) is 36.3 Å². The Morgan fingerprint density at radius 1 is 1.35 bits per heavy atom. The van der Waals surface area contributed by atoms with E-state index in [2.05, 4.69) is 10.3 Å². The Hall–Kier alpha value is -1.18. The zero-order valence-electron chi connectivity index (χ0n) is 9.09. The molecule has 0 unspecified atom stereocenters. The molecule has 1 aromatic rings. The topological polar surface area (TPSA) is 103 Å². The van der Waals surface area contributed by atoms with Gasteiger partial charge in [0.05, 0.1) is 0 Å². The number of rotatable bonds is 1. The molecule has 2 heterocycles. The SMILES string of the molecule is Cl.Cl.N=c1nc(N2CCNCC2)cc(N)n1O. The molecule has 0 bridgehead atoms. The van der Waals surface area contributed by atoms with Crippen molar-refractivity contribution in [3.8, 4) is 0 Å². The first kappa shape index (κ1) is 15.8. The normalized spacial score (nSPS) is 14.7. The van der Waals surface area contributed by atoms with Gasteiger partial charge in [-0.2, -0.15) is 4.98 Å². The van der Waals surface area contributed by atoms with Crippen LogP contribution in [0.4, 0.5) is 11.6 Å². The van der Waals surface area contributed by atoms with Crippen LogP contribution in [0.15, 0.2) is 6.07 Å². The summed E-state index contributed by atoms with van der Waals surface area (Å²) in [5.74, 6) is 0.771. The lowest BCUT2D eigenvalue weighted by molar-refractivity contribution is 0.171. The van der Waals surface area contributed by atoms with Crippen LogP contribution in [-0.2, 0) is 0 Å². The maximum atomic E-state index is 9.24. The van der Waals surface area contributed by atoms with Crippen molar-refractivity contribution in [2.45, 2.75) is 0 Å². The lowest BCUT2D eigenvalue weighted by Gasteiger charge is -2.28. The third kappa shape index (κ3) is 3.39. The molecule has 0 amide bonds. The van der Waals surface area contributed by atoms with E-state index in [1.54, 1.807) is 6.07 Å². The second-order valence-electron chi connectivity index (χ2n) is 3.41. The first-order chi connectivity index (χ1) is 7.18. The number of nitrogens with one attached hydrogen (secondary N) is 2. The summed E-state index contributed by atoms with van der Waals surface area (Å²) in [4.78, 5) is 5.99. The van der Waals surface area contributed by atoms with Crippen LogP contribution < -0.4 is 21.6 Å². The largest absolute Gasteiger partial charge is 0.423 e. The summed E-state index contributed by atoms with van der Waals surface area (Å²) in [6, 6.07) is 1.57. The average molecular weight is 283 g/mol. The Morgan fingerprint density at radius 3 is 2.47 bits per heavy atom. The van der Waals surface area contributed by atoms with Gasteiger partial charge in [0, 0.05) is 32.2 Å². The molecule has 9 heteroatoms. The molecule has 0 spiro atoms. The van der Waals surface area contributed by atoms with Crippen molar-refractivity contribution in [1.29, 1.82) is 5.41 Å². The van der Waals surface area contributed by atoms with Gasteiger partial charge in [-0.15, -0.1) is 29.5 Å². The van der Waals surface area contributed by atoms with Gasteiger partial charge in [0.1, 0.15) is 11.6 Å². The van der Waals surface area contributed by atoms with Gasteiger partial charge in [0.25, 0.3) is 5.62 Å². The number of nitrogens with two attached hydrogens (primary N) is 1. The molecule has 2 rings (SSSR count). The fourth-order valence-electron chi connectivity index (χ4n) is 1.56. The van der Waals surface area contributed by atoms with Crippen molar-refractivity contribution in [3.63, 3.8) is 0 Å². The third-order valence-corrected chi connectivity index (χ3v) is 2.38. The number of aromatic nitrogens is 2. The molecule has 0 saturated carbocycles. The summed E-state index contributed by atoms with van der Waals surface area (Å²) in [5, 5.41) is 19.9. The molecular weight excluding hydrogens is 267 g/mol. The van der Waals surface area contributed by atoms with Gasteiger partial charge < -0.3 is 21.2 Å². The lowest BCUT2D eigenvalue weighted by atomic mass is 10.3. The van der Waals surface area contributed by atoms with E-state index >= 15 is 0 Å². The fourth-order valence-corrected chi connectivity index (χ4v) is 1.56. The van der Waals surface area contributed by atoms with E-state index in [0.717, 1.165) is 26.2 Å². The number of nitrogen functional groups attached to an aromatic ring is 1. The second-order valence-corrected chi connectivity index (χ2v) is 3.41. The molecule has 1 aromatic heterocycles. The molecule has 1 aliphatic rings. The minimum absolute atomic E-state index is 0. The molecule has 0 atom stereocenters. The van der Waals surface area contributed by atoms with Crippen LogP contribution in [0.25, 0.3) is 0 Å². The summed E-state index contributed by atoms with van der Waals surface area (Å²) < 4.78 is 0.561. The van der Waals surface area contributed by atoms with Gasteiger partial charge in [-0.25, -0.2) is 0 Å². The molecule has 98 valence electrons. The summed E-state index contributed by atoms with van der Waals surface area (Å²) in [5.41, 5.74) is 5.29. The molecule has 1 fully saturated rings. The van der Waals surface area contributed by atoms with Crippen LogP contribution in [0.2, 0.25) is 0 Å². The van der Waals surface area contributed by atoms with Crippen LogP contribution in [-0.4, -0.2) is 41.1 Å². The predicted octanol–water partition coefficient (Wildman–Crippen LogP) is -0.565. The highest BCUT2D eigenvalue weighted by Crippen LogP contribution is 2.11. The van der Waals surface area contributed by atoms with E-state index in [4.69, 9.17) is 11.1 Å². The van der Waals surface area contributed by atoms with Gasteiger partial charge in [-0.1, -0.05) is 0 Å². The molecule has 17 heavy (non-hydrogen) atoms.